The Morgan fingerprint density at radius 1 is 0.842 bits per heavy atom. The summed E-state index contributed by atoms with van der Waals surface area (Å²) in [5.41, 5.74) is 0. The minimum Gasteiger partial charge on any atom is -0.400 e. The van der Waals surface area contributed by atoms with Gasteiger partial charge < -0.3 is 10.0 Å². The van der Waals surface area contributed by atoms with Crippen molar-refractivity contribution in [2.45, 2.75) is 52.9 Å². The SMILES string of the molecule is CC.CCN1CCCCC1.CO.CSN1CCCC1. The lowest BCUT2D eigenvalue weighted by Crippen LogP contribution is -2.29. The molecule has 2 aliphatic rings. The molecule has 0 aromatic rings. The molecule has 1 N–H and O–H groups in total. The lowest BCUT2D eigenvalue weighted by molar-refractivity contribution is 0.240. The summed E-state index contributed by atoms with van der Waals surface area (Å²) in [7, 11) is 1.00. The second kappa shape index (κ2) is 18.2. The van der Waals surface area contributed by atoms with Gasteiger partial charge in [-0.15, -0.1) is 0 Å². The van der Waals surface area contributed by atoms with Crippen molar-refractivity contribution in [1.29, 1.82) is 0 Å². The van der Waals surface area contributed by atoms with Gasteiger partial charge in [0, 0.05) is 20.2 Å². The maximum atomic E-state index is 7.00. The molecule has 0 bridgehead atoms. The van der Waals surface area contributed by atoms with E-state index in [0.717, 1.165) is 7.11 Å². The molecule has 0 saturated carbocycles. The molecular weight excluding hydrogens is 256 g/mol. The molecule has 4 heteroatoms. The lowest BCUT2D eigenvalue weighted by atomic mass is 10.1. The summed E-state index contributed by atoms with van der Waals surface area (Å²) in [5.74, 6) is 0. The zero-order valence-corrected chi connectivity index (χ0v) is 14.6. The highest BCUT2D eigenvalue weighted by molar-refractivity contribution is 7.96. The summed E-state index contributed by atoms with van der Waals surface area (Å²) in [6, 6.07) is 0. The number of rotatable bonds is 2. The fourth-order valence-corrected chi connectivity index (χ4v) is 2.77. The van der Waals surface area contributed by atoms with E-state index >= 15 is 0 Å². The fraction of sp³-hybridized carbons (Fsp3) is 1.00. The smallest absolute Gasteiger partial charge is 0.0319 e. The van der Waals surface area contributed by atoms with Crippen molar-refractivity contribution in [2.75, 3.05) is 46.1 Å². The molecule has 0 aliphatic carbocycles. The van der Waals surface area contributed by atoms with Gasteiger partial charge in [0.15, 0.2) is 0 Å². The second-order valence-corrected chi connectivity index (χ2v) is 5.20. The summed E-state index contributed by atoms with van der Waals surface area (Å²) in [6.07, 6.45) is 9.26. The minimum absolute atomic E-state index is 1.00. The molecule has 0 aromatic heterocycles. The second-order valence-electron chi connectivity index (χ2n) is 4.31. The Morgan fingerprint density at radius 3 is 1.53 bits per heavy atom. The van der Waals surface area contributed by atoms with Crippen LogP contribution in [0.3, 0.4) is 0 Å². The highest BCUT2D eigenvalue weighted by atomic mass is 32.2. The normalized spacial score (nSPS) is 19.3. The van der Waals surface area contributed by atoms with E-state index in [1.54, 1.807) is 0 Å². The molecule has 2 aliphatic heterocycles. The topological polar surface area (TPSA) is 26.7 Å². The van der Waals surface area contributed by atoms with Gasteiger partial charge >= 0.3 is 0 Å². The van der Waals surface area contributed by atoms with Crippen molar-refractivity contribution in [3.8, 4) is 0 Å². The van der Waals surface area contributed by atoms with E-state index in [9.17, 15) is 0 Å². The zero-order chi connectivity index (χ0) is 14.9. The zero-order valence-electron chi connectivity index (χ0n) is 13.8. The number of hydrogen-bond acceptors (Lipinski definition) is 4. The van der Waals surface area contributed by atoms with Gasteiger partial charge in [-0.2, -0.15) is 0 Å². The fourth-order valence-electron chi connectivity index (χ4n) is 2.15. The molecule has 0 spiro atoms. The molecule has 2 rings (SSSR count). The first-order chi connectivity index (χ1) is 9.36. The molecule has 0 aromatic carbocycles. The van der Waals surface area contributed by atoms with Crippen LogP contribution in [0.15, 0.2) is 0 Å². The molecule has 0 unspecified atom stereocenters. The van der Waals surface area contributed by atoms with Crippen molar-refractivity contribution < 1.29 is 5.11 Å². The third kappa shape index (κ3) is 13.0. The number of piperidine rings is 1. The maximum absolute atomic E-state index is 7.00. The highest BCUT2D eigenvalue weighted by Gasteiger charge is 2.08. The average Bonchev–Trinajstić information content (AvgIpc) is 3.06. The van der Waals surface area contributed by atoms with E-state index in [-0.39, 0.29) is 0 Å². The summed E-state index contributed by atoms with van der Waals surface area (Å²) in [5, 5.41) is 7.00. The van der Waals surface area contributed by atoms with Gasteiger partial charge in [0.05, 0.1) is 0 Å². The summed E-state index contributed by atoms with van der Waals surface area (Å²) in [4.78, 5) is 2.52. The third-order valence-electron chi connectivity index (χ3n) is 3.22. The molecule has 19 heavy (non-hydrogen) atoms. The van der Waals surface area contributed by atoms with Crippen LogP contribution in [0, 0.1) is 0 Å². The molecule has 0 radical (unpaired) electrons. The molecule has 0 amide bonds. The lowest BCUT2D eigenvalue weighted by Gasteiger charge is -2.24. The number of aliphatic hydroxyl groups is 1. The van der Waals surface area contributed by atoms with Gasteiger partial charge in [-0.05, 0) is 51.6 Å². The van der Waals surface area contributed by atoms with Crippen molar-refractivity contribution in [2.24, 2.45) is 0 Å². The van der Waals surface area contributed by atoms with E-state index in [2.05, 4.69) is 22.4 Å². The van der Waals surface area contributed by atoms with Crippen LogP contribution in [0.5, 0.6) is 0 Å². The first-order valence-corrected chi connectivity index (χ1v) is 9.01. The Kier molecular flexibility index (Phi) is 20.7. The molecule has 2 fully saturated rings. The van der Waals surface area contributed by atoms with Gasteiger partial charge in [0.1, 0.15) is 0 Å². The monoisotopic (exact) mass is 292 g/mol. The first-order valence-electron chi connectivity index (χ1n) is 7.83. The Balaban J connectivity index is 0. The number of likely N-dealkylation sites (tertiary alicyclic amines) is 1. The van der Waals surface area contributed by atoms with E-state index in [1.165, 1.54) is 64.8 Å². The quantitative estimate of drug-likeness (QED) is 0.788. The third-order valence-corrected chi connectivity index (χ3v) is 4.10. The standard InChI is InChI=1S/C7H15N.C5H11NS.C2H6.CH4O/c1-2-8-6-4-3-5-7-8;1-7-6-4-2-3-5-6;2*1-2/h2-7H2,1H3;2-5H2,1H3;1-2H3;2H,1H3. The Morgan fingerprint density at radius 2 is 1.26 bits per heavy atom. The van der Waals surface area contributed by atoms with Gasteiger partial charge in [-0.1, -0.05) is 39.1 Å². The molecule has 118 valence electrons. The van der Waals surface area contributed by atoms with Gasteiger partial charge in [0.25, 0.3) is 0 Å². The molecule has 0 atom stereocenters. The van der Waals surface area contributed by atoms with E-state index in [1.807, 2.05) is 25.8 Å². The number of aliphatic hydroxyl groups excluding tert-OH is 1. The van der Waals surface area contributed by atoms with E-state index in [4.69, 9.17) is 5.11 Å². The van der Waals surface area contributed by atoms with Crippen LogP contribution in [0.25, 0.3) is 0 Å². The Bertz CT molecular complexity index is 147. The largest absolute Gasteiger partial charge is 0.400 e. The van der Waals surface area contributed by atoms with Gasteiger partial charge in [-0.25, -0.2) is 0 Å². The predicted molar refractivity (Wildman–Crippen MR) is 89.8 cm³/mol. The van der Waals surface area contributed by atoms with Crippen LogP contribution in [0.1, 0.15) is 52.9 Å². The maximum Gasteiger partial charge on any atom is 0.0319 e. The summed E-state index contributed by atoms with van der Waals surface area (Å²) < 4.78 is 2.40. The van der Waals surface area contributed by atoms with Crippen molar-refractivity contribution in [3.05, 3.63) is 0 Å². The first kappa shape index (κ1) is 21.5. The van der Waals surface area contributed by atoms with Gasteiger partial charge in [-0.3, -0.25) is 4.31 Å². The van der Waals surface area contributed by atoms with Crippen LogP contribution < -0.4 is 0 Å². The highest BCUT2D eigenvalue weighted by Crippen LogP contribution is 2.14. The number of nitrogens with zero attached hydrogens (tertiary/aromatic N) is 2. The van der Waals surface area contributed by atoms with Crippen molar-refractivity contribution in [3.63, 3.8) is 0 Å². The van der Waals surface area contributed by atoms with Crippen molar-refractivity contribution in [1.82, 2.24) is 9.21 Å². The van der Waals surface area contributed by atoms with Crippen LogP contribution in [0.2, 0.25) is 0 Å². The number of hydrogen-bond donors (Lipinski definition) is 1. The molecule has 2 heterocycles. The summed E-state index contributed by atoms with van der Waals surface area (Å²) in [6.45, 7) is 12.8. The molecule has 2 saturated heterocycles. The van der Waals surface area contributed by atoms with E-state index < -0.39 is 0 Å². The predicted octanol–water partition coefficient (Wildman–Crippen LogP) is 3.49. The van der Waals surface area contributed by atoms with Crippen molar-refractivity contribution >= 4 is 11.9 Å². The minimum atomic E-state index is 1.00. The molecular formula is C15H36N2OS. The van der Waals surface area contributed by atoms with Gasteiger partial charge in [0.2, 0.25) is 0 Å². The van der Waals surface area contributed by atoms with Crippen LogP contribution in [0.4, 0.5) is 0 Å². The van der Waals surface area contributed by atoms with Crippen LogP contribution in [-0.2, 0) is 0 Å². The Labute approximate surface area is 125 Å². The molecule has 3 nitrogen and oxygen atoms in total. The van der Waals surface area contributed by atoms with Crippen LogP contribution >= 0.6 is 11.9 Å². The summed E-state index contributed by atoms with van der Waals surface area (Å²) >= 11 is 1.87. The van der Waals surface area contributed by atoms with Crippen LogP contribution in [-0.4, -0.2) is 60.4 Å². The van der Waals surface area contributed by atoms with E-state index in [0.29, 0.717) is 0 Å². The Hall–Kier alpha value is 0.230. The average molecular weight is 293 g/mol.